The Hall–Kier alpha value is -4.95. The predicted octanol–water partition coefficient (Wildman–Crippen LogP) is 1.94. The van der Waals surface area contributed by atoms with E-state index in [-0.39, 0.29) is 16.3 Å². The van der Waals surface area contributed by atoms with E-state index in [0.29, 0.717) is 11.6 Å². The van der Waals surface area contributed by atoms with Gasteiger partial charge in [0, 0.05) is 11.5 Å². The van der Waals surface area contributed by atoms with E-state index >= 15 is 0 Å². The van der Waals surface area contributed by atoms with Crippen LogP contribution in [0, 0.1) is 11.3 Å². The Kier molecular flexibility index (Phi) is 7.72. The van der Waals surface area contributed by atoms with Crippen LogP contribution in [0.3, 0.4) is 0 Å². The first-order chi connectivity index (χ1) is 19.6. The summed E-state index contributed by atoms with van der Waals surface area (Å²) >= 11 is 0. The summed E-state index contributed by atoms with van der Waals surface area (Å²) in [6.45, 7) is 0. The Balaban J connectivity index is 2.26. The quantitative estimate of drug-likeness (QED) is 0.229. The van der Waals surface area contributed by atoms with Crippen LogP contribution < -0.4 is 10.6 Å². The zero-order chi connectivity index (χ0) is 31.1. The highest BCUT2D eigenvalue weighted by molar-refractivity contribution is 7.86. The lowest BCUT2D eigenvalue weighted by Gasteiger charge is -2.36. The highest BCUT2D eigenvalue weighted by Gasteiger charge is 2.43. The van der Waals surface area contributed by atoms with Crippen molar-refractivity contribution in [3.05, 3.63) is 82.8 Å². The number of phenolic OH excluding ortho intramolecular Hbond substituents is 1. The van der Waals surface area contributed by atoms with Gasteiger partial charge in [-0.25, -0.2) is 9.59 Å². The molecule has 0 saturated heterocycles. The lowest BCUT2D eigenvalue weighted by atomic mass is 9.80. The molecule has 1 aliphatic heterocycles. The lowest BCUT2D eigenvalue weighted by molar-refractivity contribution is -0.139. The maximum absolute atomic E-state index is 13.4. The number of anilines is 1. The van der Waals surface area contributed by atoms with Gasteiger partial charge < -0.3 is 20.3 Å². The maximum Gasteiger partial charge on any atom is 0.355 e. The number of carbonyl (C=O) groups is 2. The molecule has 0 spiro atoms. The SMILES string of the molecule is COC(=O)C1=C(C(=O)OC)N(c2cc(S(=O)(=O)O)cc3cc(S(=O)(=O)O)cc(O)c23)C(N)=C(C#N)C1c1ccccc1. The number of allylic oxidation sites excluding steroid dienone is 1. The first-order valence-corrected chi connectivity index (χ1v) is 14.4. The first kappa shape index (κ1) is 30.0. The van der Waals surface area contributed by atoms with Crippen molar-refractivity contribution in [3.63, 3.8) is 0 Å². The number of phenols is 1. The van der Waals surface area contributed by atoms with Crippen molar-refractivity contribution in [2.75, 3.05) is 19.1 Å². The average Bonchev–Trinajstić information content (AvgIpc) is 2.94. The number of benzene rings is 3. The molecule has 42 heavy (non-hydrogen) atoms. The van der Waals surface area contributed by atoms with Gasteiger partial charge in [-0.3, -0.25) is 14.0 Å². The highest BCUT2D eigenvalue weighted by atomic mass is 32.2. The number of nitrogens with zero attached hydrogens (tertiary/aromatic N) is 2. The monoisotopic (exact) mass is 615 g/mol. The fourth-order valence-corrected chi connectivity index (χ4v) is 5.73. The molecule has 0 aromatic heterocycles. The number of carbonyl (C=O) groups excluding carboxylic acids is 2. The minimum Gasteiger partial charge on any atom is -0.507 e. The van der Waals surface area contributed by atoms with Gasteiger partial charge in [-0.1, -0.05) is 30.3 Å². The predicted molar refractivity (Wildman–Crippen MR) is 145 cm³/mol. The molecule has 0 fully saturated rings. The maximum atomic E-state index is 13.4. The summed E-state index contributed by atoms with van der Waals surface area (Å²) in [5.74, 6) is -4.92. The Morgan fingerprint density at radius 1 is 0.929 bits per heavy atom. The molecular formula is C26H21N3O11S2. The van der Waals surface area contributed by atoms with Gasteiger partial charge in [0.2, 0.25) is 0 Å². The molecule has 4 rings (SSSR count). The average molecular weight is 616 g/mol. The first-order valence-electron chi connectivity index (χ1n) is 11.6. The third kappa shape index (κ3) is 5.12. The van der Waals surface area contributed by atoms with Crippen molar-refractivity contribution >= 4 is 48.6 Å². The van der Waals surface area contributed by atoms with Crippen molar-refractivity contribution < 1.29 is 50.1 Å². The van der Waals surface area contributed by atoms with Gasteiger partial charge in [0.05, 0.1) is 52.8 Å². The van der Waals surface area contributed by atoms with Gasteiger partial charge in [-0.05, 0) is 29.1 Å². The van der Waals surface area contributed by atoms with Crippen LogP contribution in [0.5, 0.6) is 5.75 Å². The minimum atomic E-state index is -5.05. The van der Waals surface area contributed by atoms with Crippen LogP contribution in [0.4, 0.5) is 5.69 Å². The zero-order valence-electron chi connectivity index (χ0n) is 21.7. The van der Waals surface area contributed by atoms with Crippen LogP contribution in [0.1, 0.15) is 11.5 Å². The molecule has 14 nitrogen and oxygen atoms in total. The third-order valence-electron chi connectivity index (χ3n) is 6.40. The molecule has 5 N–H and O–H groups in total. The minimum absolute atomic E-state index is 0.297. The normalized spacial score (nSPS) is 15.9. The van der Waals surface area contributed by atoms with E-state index < -0.39 is 76.4 Å². The zero-order valence-corrected chi connectivity index (χ0v) is 23.3. The number of nitrogens with two attached hydrogens (primary N) is 1. The van der Waals surface area contributed by atoms with E-state index in [1.54, 1.807) is 30.3 Å². The highest BCUT2D eigenvalue weighted by Crippen LogP contribution is 2.47. The number of rotatable bonds is 6. The Labute approximate surface area is 239 Å². The molecule has 1 unspecified atom stereocenters. The van der Waals surface area contributed by atoms with Crippen LogP contribution in [-0.4, -0.2) is 57.2 Å². The molecule has 1 heterocycles. The van der Waals surface area contributed by atoms with E-state index in [1.165, 1.54) is 0 Å². The van der Waals surface area contributed by atoms with Gasteiger partial charge in [-0.2, -0.15) is 22.1 Å². The number of hydrogen-bond acceptors (Lipinski definition) is 12. The second kappa shape index (κ2) is 10.8. The van der Waals surface area contributed by atoms with Crippen molar-refractivity contribution in [1.29, 1.82) is 5.26 Å². The summed E-state index contributed by atoms with van der Waals surface area (Å²) in [5.41, 5.74) is 4.92. The summed E-state index contributed by atoms with van der Waals surface area (Å²) < 4.78 is 77.4. The van der Waals surface area contributed by atoms with Crippen molar-refractivity contribution in [3.8, 4) is 11.8 Å². The van der Waals surface area contributed by atoms with Crippen LogP contribution in [-0.2, 0) is 39.3 Å². The largest absolute Gasteiger partial charge is 0.507 e. The molecule has 1 aliphatic rings. The van der Waals surface area contributed by atoms with E-state index in [9.17, 15) is 45.9 Å². The van der Waals surface area contributed by atoms with E-state index in [2.05, 4.69) is 0 Å². The molecule has 0 amide bonds. The topological polar surface area (TPSA) is 235 Å². The van der Waals surface area contributed by atoms with E-state index in [0.717, 1.165) is 37.3 Å². The number of aromatic hydroxyl groups is 1. The Bertz CT molecular complexity index is 1970. The summed E-state index contributed by atoms with van der Waals surface area (Å²) in [5, 5.41) is 20.4. The van der Waals surface area contributed by atoms with Gasteiger partial charge in [-0.15, -0.1) is 0 Å². The van der Waals surface area contributed by atoms with Crippen LogP contribution in [0.25, 0.3) is 10.8 Å². The van der Waals surface area contributed by atoms with Crippen LogP contribution >= 0.6 is 0 Å². The van der Waals surface area contributed by atoms with Crippen molar-refractivity contribution in [2.45, 2.75) is 15.7 Å². The van der Waals surface area contributed by atoms with Crippen molar-refractivity contribution in [2.24, 2.45) is 5.73 Å². The second-order valence-corrected chi connectivity index (χ2v) is 11.6. The summed E-state index contributed by atoms with van der Waals surface area (Å²) in [7, 11) is -7.98. The molecular weight excluding hydrogens is 594 g/mol. The number of nitriles is 1. The number of methoxy groups -OCH3 is 2. The van der Waals surface area contributed by atoms with E-state index in [1.807, 2.05) is 6.07 Å². The molecule has 3 aromatic carbocycles. The molecule has 0 saturated carbocycles. The smallest absolute Gasteiger partial charge is 0.355 e. The van der Waals surface area contributed by atoms with E-state index in [4.69, 9.17) is 15.2 Å². The van der Waals surface area contributed by atoms with Gasteiger partial charge in [0.1, 0.15) is 17.3 Å². The molecule has 16 heteroatoms. The summed E-state index contributed by atoms with van der Waals surface area (Å²) in [6, 6.07) is 12.9. The van der Waals surface area contributed by atoms with Gasteiger partial charge >= 0.3 is 11.9 Å². The molecule has 0 bridgehead atoms. The number of ether oxygens (including phenoxy) is 2. The van der Waals surface area contributed by atoms with Crippen molar-refractivity contribution in [1.82, 2.24) is 0 Å². The molecule has 3 aromatic rings. The number of esters is 2. The second-order valence-electron chi connectivity index (χ2n) is 8.77. The Morgan fingerprint density at radius 3 is 1.98 bits per heavy atom. The third-order valence-corrected chi connectivity index (χ3v) is 8.06. The van der Waals surface area contributed by atoms with Crippen LogP contribution in [0.15, 0.2) is 87.1 Å². The summed E-state index contributed by atoms with van der Waals surface area (Å²) in [4.78, 5) is 25.7. The van der Waals surface area contributed by atoms with Gasteiger partial charge in [0.15, 0.2) is 0 Å². The van der Waals surface area contributed by atoms with Crippen LogP contribution in [0.2, 0.25) is 0 Å². The van der Waals surface area contributed by atoms with Gasteiger partial charge in [0.25, 0.3) is 20.2 Å². The Morgan fingerprint density at radius 2 is 1.48 bits per heavy atom. The summed E-state index contributed by atoms with van der Waals surface area (Å²) in [6.07, 6.45) is 0. The number of fused-ring (bicyclic) bond motifs is 1. The fourth-order valence-electron chi connectivity index (χ4n) is 4.65. The number of hydrogen-bond donors (Lipinski definition) is 4. The molecule has 0 aliphatic carbocycles. The standard InChI is InChI=1S/C26H21N3O11S2/c1-39-25(31)22-20(13-6-4-3-5-7-13)17(12-27)24(28)29(23(22)26(32)40-2)18-10-15(41(33,34)35)8-14-9-16(42(36,37)38)11-19(30)21(14)18/h3-11,20,30H,28H2,1-2H3,(H,33,34,35)(H,36,37,38). The molecule has 0 radical (unpaired) electrons. The molecule has 218 valence electrons. The molecule has 1 atom stereocenters. The fraction of sp³-hybridized carbons (Fsp3) is 0.115. The lowest BCUT2D eigenvalue weighted by Crippen LogP contribution is -2.41.